The number of ether oxygens (including phenoxy) is 1. The molecule has 29 heavy (non-hydrogen) atoms. The number of hydrogen-bond acceptors (Lipinski definition) is 7. The number of piperazine rings is 1. The molecule has 2 unspecified atom stereocenters. The standard InChI is InChI=1S/C19H25N5O5/c1-29-13-22-8-6-21(7-9-22)10-11-24-12-23(19(27)28)18(26)16(25)17(24)20-14-4-2-3-5-15(14)24/h2-5,18,26H,6-13H2,1H3/p+1. The van der Waals surface area contributed by atoms with E-state index in [9.17, 15) is 19.8 Å². The number of aliphatic imine (C=N–C) groups is 1. The molecule has 0 aromatic heterocycles. The van der Waals surface area contributed by atoms with Gasteiger partial charge in [-0.1, -0.05) is 12.1 Å². The lowest BCUT2D eigenvalue weighted by atomic mass is 10.1. The smallest absolute Gasteiger partial charge is 0.414 e. The van der Waals surface area contributed by atoms with Crippen molar-refractivity contribution >= 4 is 29.1 Å². The summed E-state index contributed by atoms with van der Waals surface area (Å²) in [7, 11) is 1.68. The molecule has 3 heterocycles. The summed E-state index contributed by atoms with van der Waals surface area (Å²) in [6, 6.07) is 7.40. The second-order valence-corrected chi connectivity index (χ2v) is 7.62. The Hall–Kier alpha value is -2.37. The lowest BCUT2D eigenvalue weighted by Gasteiger charge is -2.43. The number of ketones is 1. The molecule has 10 nitrogen and oxygen atoms in total. The molecular formula is C19H26N5O5+. The number of carbonyl (C=O) groups excluding carboxylic acids is 1. The molecule has 2 fully saturated rings. The van der Waals surface area contributed by atoms with E-state index in [-0.39, 0.29) is 17.0 Å². The number of fused-ring (bicyclic) bond motifs is 3. The molecule has 3 aliphatic heterocycles. The average molecular weight is 404 g/mol. The predicted molar refractivity (Wildman–Crippen MR) is 106 cm³/mol. The quantitative estimate of drug-likeness (QED) is 0.671. The predicted octanol–water partition coefficient (Wildman–Crippen LogP) is 0.0976. The fourth-order valence-corrected chi connectivity index (χ4v) is 4.35. The maximum absolute atomic E-state index is 12.8. The summed E-state index contributed by atoms with van der Waals surface area (Å²) in [4.78, 5) is 34.3. The Morgan fingerprint density at radius 2 is 1.93 bits per heavy atom. The fourth-order valence-electron chi connectivity index (χ4n) is 4.35. The van der Waals surface area contributed by atoms with Crippen molar-refractivity contribution < 1.29 is 24.5 Å². The molecule has 2 N–H and O–H groups in total. The van der Waals surface area contributed by atoms with E-state index in [1.54, 1.807) is 7.11 Å². The van der Waals surface area contributed by atoms with Crippen LogP contribution < -0.4 is 4.48 Å². The van der Waals surface area contributed by atoms with E-state index in [1.807, 2.05) is 24.3 Å². The minimum absolute atomic E-state index is 0.0245. The van der Waals surface area contributed by atoms with Crippen LogP contribution in [-0.4, -0.2) is 109 Å². The number of hydrogen-bond donors (Lipinski definition) is 2. The van der Waals surface area contributed by atoms with Crippen molar-refractivity contribution in [3.63, 3.8) is 0 Å². The van der Waals surface area contributed by atoms with Gasteiger partial charge in [0.15, 0.2) is 12.4 Å². The highest BCUT2D eigenvalue weighted by Gasteiger charge is 2.56. The second kappa shape index (κ2) is 7.81. The van der Waals surface area contributed by atoms with Crippen molar-refractivity contribution in [3.05, 3.63) is 24.3 Å². The zero-order valence-corrected chi connectivity index (χ0v) is 16.4. The number of Topliss-reactive ketones (excluding diaryl/α,β-unsaturated/α-hetero) is 1. The second-order valence-electron chi connectivity index (χ2n) is 7.62. The summed E-state index contributed by atoms with van der Waals surface area (Å²) in [5.74, 6) is -0.436. The van der Waals surface area contributed by atoms with Gasteiger partial charge in [-0.05, 0) is 6.07 Å². The van der Waals surface area contributed by atoms with Gasteiger partial charge in [-0.2, -0.15) is 4.99 Å². The van der Waals surface area contributed by atoms with Crippen LogP contribution in [0.25, 0.3) is 0 Å². The van der Waals surface area contributed by atoms with Crippen molar-refractivity contribution in [1.82, 2.24) is 19.2 Å². The van der Waals surface area contributed by atoms with E-state index < -0.39 is 18.1 Å². The van der Waals surface area contributed by atoms with Gasteiger partial charge in [0.05, 0.1) is 6.73 Å². The molecular weight excluding hydrogens is 378 g/mol. The van der Waals surface area contributed by atoms with Crippen LogP contribution in [0.4, 0.5) is 16.2 Å². The molecule has 1 amide bonds. The number of aliphatic hydroxyl groups excluding tert-OH is 1. The van der Waals surface area contributed by atoms with E-state index in [0.29, 0.717) is 25.5 Å². The number of carboxylic acid groups (broad SMARTS) is 1. The Bertz CT molecular complexity index is 838. The number of quaternary nitrogens is 1. The Morgan fingerprint density at radius 3 is 2.62 bits per heavy atom. The lowest BCUT2D eigenvalue weighted by molar-refractivity contribution is -0.133. The number of benzene rings is 1. The highest BCUT2D eigenvalue weighted by molar-refractivity contribution is 6.46. The van der Waals surface area contributed by atoms with Crippen molar-refractivity contribution in [1.29, 1.82) is 0 Å². The summed E-state index contributed by atoms with van der Waals surface area (Å²) >= 11 is 0. The van der Waals surface area contributed by atoms with E-state index >= 15 is 0 Å². The van der Waals surface area contributed by atoms with Gasteiger partial charge in [0.25, 0.3) is 11.6 Å². The Labute approximate surface area is 168 Å². The first-order valence-electron chi connectivity index (χ1n) is 9.68. The summed E-state index contributed by atoms with van der Waals surface area (Å²) in [5.41, 5.74) is 1.45. The fraction of sp³-hybridized carbons (Fsp3) is 0.526. The minimum atomic E-state index is -1.72. The molecule has 156 valence electrons. The molecule has 2 saturated heterocycles. The number of rotatable bonds is 5. The molecule has 1 aromatic rings. The van der Waals surface area contributed by atoms with Crippen molar-refractivity contribution in [3.8, 4) is 0 Å². The van der Waals surface area contributed by atoms with Gasteiger partial charge < -0.3 is 14.9 Å². The number of amides is 1. The van der Waals surface area contributed by atoms with E-state index in [0.717, 1.165) is 36.8 Å². The Kier molecular flexibility index (Phi) is 5.36. The normalized spacial score (nSPS) is 27.5. The first-order valence-corrected chi connectivity index (χ1v) is 9.68. The lowest BCUT2D eigenvalue weighted by Crippen LogP contribution is -2.71. The molecule has 1 aromatic carbocycles. The summed E-state index contributed by atoms with van der Waals surface area (Å²) in [6.45, 7) is 5.29. The van der Waals surface area contributed by atoms with E-state index in [1.165, 1.54) is 0 Å². The van der Waals surface area contributed by atoms with Crippen molar-refractivity contribution in [2.24, 2.45) is 4.99 Å². The number of para-hydroxylation sites is 2. The molecule has 3 aliphatic rings. The summed E-state index contributed by atoms with van der Waals surface area (Å²) < 4.78 is 5.21. The third-order valence-electron chi connectivity index (χ3n) is 5.94. The number of nitrogens with zero attached hydrogens (tertiary/aromatic N) is 5. The first-order chi connectivity index (χ1) is 14.0. The molecule has 0 radical (unpaired) electrons. The molecule has 0 spiro atoms. The number of aliphatic hydroxyl groups is 1. The Morgan fingerprint density at radius 1 is 1.24 bits per heavy atom. The van der Waals surface area contributed by atoms with Crippen LogP contribution >= 0.6 is 0 Å². The summed E-state index contributed by atoms with van der Waals surface area (Å²) in [6.07, 6.45) is -3.04. The maximum atomic E-state index is 12.8. The van der Waals surface area contributed by atoms with Gasteiger partial charge >= 0.3 is 6.09 Å². The van der Waals surface area contributed by atoms with Crippen LogP contribution in [0.3, 0.4) is 0 Å². The number of methoxy groups -OCH3 is 1. The first kappa shape index (κ1) is 19.9. The third-order valence-corrected chi connectivity index (χ3v) is 5.94. The molecule has 10 heteroatoms. The van der Waals surface area contributed by atoms with Gasteiger partial charge in [-0.15, -0.1) is 0 Å². The van der Waals surface area contributed by atoms with Crippen molar-refractivity contribution in [2.45, 2.75) is 6.23 Å². The third kappa shape index (κ3) is 3.43. The Balaban J connectivity index is 1.58. The van der Waals surface area contributed by atoms with Gasteiger partial charge in [0.2, 0.25) is 6.23 Å². The monoisotopic (exact) mass is 404 g/mol. The van der Waals surface area contributed by atoms with Crippen LogP contribution in [0, 0.1) is 0 Å². The molecule has 0 aliphatic carbocycles. The van der Waals surface area contributed by atoms with Crippen LogP contribution in [0.5, 0.6) is 0 Å². The zero-order valence-electron chi connectivity index (χ0n) is 16.4. The van der Waals surface area contributed by atoms with Gasteiger partial charge in [0.1, 0.15) is 12.2 Å². The molecule has 0 saturated carbocycles. The average Bonchev–Trinajstić information content (AvgIpc) is 3.05. The SMILES string of the molecule is COCN1CCN(CC[N+]23CN(C(=O)O)C(O)C(=O)C2=Nc2ccccc23)CC1. The van der Waals surface area contributed by atoms with Gasteiger partial charge in [-0.25, -0.2) is 14.2 Å². The molecule has 0 bridgehead atoms. The zero-order chi connectivity index (χ0) is 20.6. The van der Waals surface area contributed by atoms with Crippen LogP contribution in [0.15, 0.2) is 29.3 Å². The topological polar surface area (TPSA) is 106 Å². The van der Waals surface area contributed by atoms with Crippen LogP contribution in [0.2, 0.25) is 0 Å². The van der Waals surface area contributed by atoms with Gasteiger partial charge in [-0.3, -0.25) is 14.6 Å². The number of carbonyl (C=O) groups is 2. The van der Waals surface area contributed by atoms with E-state index in [4.69, 9.17) is 4.74 Å². The number of amidine groups is 1. The molecule has 4 rings (SSSR count). The van der Waals surface area contributed by atoms with Crippen LogP contribution in [-0.2, 0) is 9.53 Å². The van der Waals surface area contributed by atoms with Crippen molar-refractivity contribution in [2.75, 3.05) is 59.8 Å². The summed E-state index contributed by atoms with van der Waals surface area (Å²) in [5, 5.41) is 19.8. The highest BCUT2D eigenvalue weighted by atomic mass is 16.5. The minimum Gasteiger partial charge on any atom is -0.465 e. The largest absolute Gasteiger partial charge is 0.465 e. The van der Waals surface area contributed by atoms with Crippen LogP contribution in [0.1, 0.15) is 0 Å². The van der Waals surface area contributed by atoms with E-state index in [2.05, 4.69) is 14.8 Å². The maximum Gasteiger partial charge on any atom is 0.414 e. The highest BCUT2D eigenvalue weighted by Crippen LogP contribution is 2.43. The van der Waals surface area contributed by atoms with Gasteiger partial charge in [0, 0.05) is 45.9 Å². The molecule has 2 atom stereocenters.